The summed E-state index contributed by atoms with van der Waals surface area (Å²) in [5.41, 5.74) is 0.461. The van der Waals surface area contributed by atoms with Crippen LogP contribution in [0.15, 0.2) is 24.3 Å². The Morgan fingerprint density at radius 3 is 2.35 bits per heavy atom. The highest BCUT2D eigenvalue weighted by Crippen LogP contribution is 2.27. The standard InChI is InChI=1S/C16H21NO3/c1-11-7-6-8-12(2)17(11)16(19)14-9-4-5-10-15(14)20-13(3)18/h4-5,9-12H,6-8H2,1-3H3/t11-,12+. The first kappa shape index (κ1) is 14.6. The lowest BCUT2D eigenvalue weighted by molar-refractivity contribution is -0.131. The molecule has 1 aromatic rings. The molecular formula is C16H21NO3. The van der Waals surface area contributed by atoms with Gasteiger partial charge in [0, 0.05) is 19.0 Å². The summed E-state index contributed by atoms with van der Waals surface area (Å²) in [6, 6.07) is 7.37. The molecule has 0 aliphatic carbocycles. The molecule has 108 valence electrons. The average molecular weight is 275 g/mol. The SMILES string of the molecule is CC(=O)Oc1ccccc1C(=O)N1[C@H](C)CCC[C@@H]1C. The number of ether oxygens (including phenoxy) is 1. The first-order valence-electron chi connectivity index (χ1n) is 7.11. The van der Waals surface area contributed by atoms with E-state index in [1.165, 1.54) is 6.92 Å². The van der Waals surface area contributed by atoms with Crippen molar-refractivity contribution in [2.75, 3.05) is 0 Å². The van der Waals surface area contributed by atoms with Crippen LogP contribution < -0.4 is 4.74 Å². The van der Waals surface area contributed by atoms with Crippen molar-refractivity contribution < 1.29 is 14.3 Å². The van der Waals surface area contributed by atoms with Crippen molar-refractivity contribution >= 4 is 11.9 Å². The number of rotatable bonds is 2. The van der Waals surface area contributed by atoms with Gasteiger partial charge in [0.05, 0.1) is 5.56 Å². The van der Waals surface area contributed by atoms with E-state index in [1.54, 1.807) is 24.3 Å². The van der Waals surface area contributed by atoms with Gasteiger partial charge in [-0.05, 0) is 45.2 Å². The van der Waals surface area contributed by atoms with E-state index in [1.807, 2.05) is 4.90 Å². The largest absolute Gasteiger partial charge is 0.426 e. The fourth-order valence-corrected chi connectivity index (χ4v) is 2.85. The molecule has 4 nitrogen and oxygen atoms in total. The van der Waals surface area contributed by atoms with Crippen LogP contribution in [0.4, 0.5) is 0 Å². The molecule has 4 heteroatoms. The number of carbonyl (C=O) groups is 2. The Bertz CT molecular complexity index is 502. The van der Waals surface area contributed by atoms with Crippen LogP contribution >= 0.6 is 0 Å². The second kappa shape index (κ2) is 6.07. The van der Waals surface area contributed by atoms with Crippen molar-refractivity contribution in [3.8, 4) is 5.75 Å². The molecule has 0 spiro atoms. The lowest BCUT2D eigenvalue weighted by atomic mass is 9.96. The summed E-state index contributed by atoms with van der Waals surface area (Å²) in [4.78, 5) is 25.8. The summed E-state index contributed by atoms with van der Waals surface area (Å²) < 4.78 is 5.14. The van der Waals surface area contributed by atoms with E-state index in [-0.39, 0.29) is 18.0 Å². The molecule has 0 unspecified atom stereocenters. The highest BCUT2D eigenvalue weighted by atomic mass is 16.5. The van der Waals surface area contributed by atoms with E-state index in [9.17, 15) is 9.59 Å². The highest BCUT2D eigenvalue weighted by molar-refractivity contribution is 5.98. The molecule has 1 amide bonds. The predicted octanol–water partition coefficient (Wildman–Crippen LogP) is 3.02. The quantitative estimate of drug-likeness (QED) is 0.615. The monoisotopic (exact) mass is 275 g/mol. The molecule has 1 heterocycles. The Hall–Kier alpha value is -1.84. The van der Waals surface area contributed by atoms with Crippen LogP contribution in [-0.4, -0.2) is 28.9 Å². The molecular weight excluding hydrogens is 254 g/mol. The lowest BCUT2D eigenvalue weighted by Crippen LogP contribution is -2.47. The van der Waals surface area contributed by atoms with Gasteiger partial charge in [0.2, 0.25) is 0 Å². The maximum Gasteiger partial charge on any atom is 0.308 e. The third-order valence-corrected chi connectivity index (χ3v) is 3.80. The van der Waals surface area contributed by atoms with Crippen molar-refractivity contribution in [1.82, 2.24) is 4.90 Å². The first-order valence-corrected chi connectivity index (χ1v) is 7.11. The van der Waals surface area contributed by atoms with Gasteiger partial charge < -0.3 is 9.64 Å². The van der Waals surface area contributed by atoms with Crippen LogP contribution in [0.2, 0.25) is 0 Å². The number of likely N-dealkylation sites (tertiary alicyclic amines) is 1. The number of benzene rings is 1. The van der Waals surface area contributed by atoms with Gasteiger partial charge in [-0.2, -0.15) is 0 Å². The van der Waals surface area contributed by atoms with E-state index in [4.69, 9.17) is 4.74 Å². The summed E-state index contributed by atoms with van der Waals surface area (Å²) in [5.74, 6) is -0.124. The summed E-state index contributed by atoms with van der Waals surface area (Å²) >= 11 is 0. The maximum atomic E-state index is 12.8. The Kier molecular flexibility index (Phi) is 4.42. The second-order valence-electron chi connectivity index (χ2n) is 5.43. The maximum absolute atomic E-state index is 12.8. The van der Waals surface area contributed by atoms with Gasteiger partial charge in [-0.1, -0.05) is 12.1 Å². The fourth-order valence-electron chi connectivity index (χ4n) is 2.85. The third-order valence-electron chi connectivity index (χ3n) is 3.80. The summed E-state index contributed by atoms with van der Waals surface area (Å²) in [6.45, 7) is 5.48. The molecule has 1 aromatic carbocycles. The number of hydrogen-bond donors (Lipinski definition) is 0. The summed E-state index contributed by atoms with van der Waals surface area (Å²) in [7, 11) is 0. The van der Waals surface area contributed by atoms with Crippen LogP contribution in [0.3, 0.4) is 0 Å². The van der Waals surface area contributed by atoms with Gasteiger partial charge in [-0.25, -0.2) is 0 Å². The third kappa shape index (κ3) is 3.00. The molecule has 1 saturated heterocycles. The molecule has 0 bridgehead atoms. The minimum absolute atomic E-state index is 0.0541. The van der Waals surface area contributed by atoms with Gasteiger partial charge in [0.15, 0.2) is 0 Å². The molecule has 2 rings (SSSR count). The Morgan fingerprint density at radius 1 is 1.15 bits per heavy atom. The Labute approximate surface area is 119 Å². The second-order valence-corrected chi connectivity index (χ2v) is 5.43. The Morgan fingerprint density at radius 2 is 1.75 bits per heavy atom. The van der Waals surface area contributed by atoms with Crippen LogP contribution in [-0.2, 0) is 4.79 Å². The number of amides is 1. The van der Waals surface area contributed by atoms with E-state index < -0.39 is 5.97 Å². The van der Waals surface area contributed by atoms with Crippen molar-refractivity contribution in [3.63, 3.8) is 0 Å². The lowest BCUT2D eigenvalue weighted by Gasteiger charge is -2.39. The molecule has 0 radical (unpaired) electrons. The van der Waals surface area contributed by atoms with Gasteiger partial charge in [0.25, 0.3) is 5.91 Å². The topological polar surface area (TPSA) is 46.6 Å². The van der Waals surface area contributed by atoms with E-state index in [0.29, 0.717) is 11.3 Å². The summed E-state index contributed by atoms with van der Waals surface area (Å²) in [5, 5.41) is 0. The van der Waals surface area contributed by atoms with Crippen molar-refractivity contribution in [1.29, 1.82) is 0 Å². The average Bonchev–Trinajstić information content (AvgIpc) is 2.38. The van der Waals surface area contributed by atoms with Crippen LogP contribution in [0.5, 0.6) is 5.75 Å². The number of carbonyl (C=O) groups excluding carboxylic acids is 2. The summed E-state index contributed by atoms with van der Waals surface area (Å²) in [6.07, 6.45) is 3.19. The van der Waals surface area contributed by atoms with Crippen LogP contribution in [0.1, 0.15) is 50.4 Å². The van der Waals surface area contributed by atoms with E-state index >= 15 is 0 Å². The van der Waals surface area contributed by atoms with Crippen molar-refractivity contribution in [2.45, 2.75) is 52.1 Å². The normalized spacial score (nSPS) is 22.4. The number of hydrogen-bond acceptors (Lipinski definition) is 3. The molecule has 0 saturated carbocycles. The van der Waals surface area contributed by atoms with Gasteiger partial charge in [0.1, 0.15) is 5.75 Å². The smallest absolute Gasteiger partial charge is 0.308 e. The molecule has 2 atom stereocenters. The number of piperidine rings is 1. The van der Waals surface area contributed by atoms with Gasteiger partial charge in [-0.3, -0.25) is 9.59 Å². The zero-order valence-electron chi connectivity index (χ0n) is 12.3. The molecule has 20 heavy (non-hydrogen) atoms. The van der Waals surface area contributed by atoms with Crippen molar-refractivity contribution in [2.24, 2.45) is 0 Å². The first-order chi connectivity index (χ1) is 9.50. The Balaban J connectivity index is 2.30. The van der Waals surface area contributed by atoms with Crippen LogP contribution in [0, 0.1) is 0 Å². The molecule has 1 aliphatic rings. The highest BCUT2D eigenvalue weighted by Gasteiger charge is 2.31. The number of para-hydroxylation sites is 1. The predicted molar refractivity (Wildman–Crippen MR) is 76.7 cm³/mol. The zero-order valence-corrected chi connectivity index (χ0v) is 12.3. The zero-order chi connectivity index (χ0) is 14.7. The van der Waals surface area contributed by atoms with Crippen LogP contribution in [0.25, 0.3) is 0 Å². The van der Waals surface area contributed by atoms with Crippen molar-refractivity contribution in [3.05, 3.63) is 29.8 Å². The minimum atomic E-state index is -0.412. The molecule has 1 aliphatic heterocycles. The van der Waals surface area contributed by atoms with Gasteiger partial charge in [-0.15, -0.1) is 0 Å². The molecule has 0 aromatic heterocycles. The fraction of sp³-hybridized carbons (Fsp3) is 0.500. The number of nitrogens with zero attached hydrogens (tertiary/aromatic N) is 1. The molecule has 0 N–H and O–H groups in total. The van der Waals surface area contributed by atoms with E-state index in [0.717, 1.165) is 19.3 Å². The minimum Gasteiger partial charge on any atom is -0.426 e. The number of esters is 1. The molecule has 1 fully saturated rings. The van der Waals surface area contributed by atoms with E-state index in [2.05, 4.69) is 13.8 Å². The van der Waals surface area contributed by atoms with Gasteiger partial charge >= 0.3 is 5.97 Å².